The Morgan fingerprint density at radius 3 is 2.72 bits per heavy atom. The Balaban J connectivity index is 2.19. The zero-order chi connectivity index (χ0) is 12.7. The molecular formula is C14H10Cl2N2. The summed E-state index contributed by atoms with van der Waals surface area (Å²) in [6.07, 6.45) is 3.95. The third-order valence-electron chi connectivity index (χ3n) is 2.82. The number of hydrogen-bond acceptors (Lipinski definition) is 1. The maximum atomic E-state index is 6.19. The first kappa shape index (κ1) is 11.6. The largest absolute Gasteiger partial charge is 0.306 e. The third-order valence-corrected chi connectivity index (χ3v) is 3.37. The van der Waals surface area contributed by atoms with Gasteiger partial charge in [0.2, 0.25) is 0 Å². The standard InChI is InChI=1S/C14H10Cl2N2/c1-9-4-5-18-8-13(17-14(18)6-9)11-3-2-10(15)7-12(11)16/h2-8H,1H3. The number of nitrogens with zero attached hydrogens (tertiary/aromatic N) is 2. The number of fused-ring (bicyclic) bond motifs is 1. The molecule has 0 unspecified atom stereocenters. The zero-order valence-corrected chi connectivity index (χ0v) is 11.2. The van der Waals surface area contributed by atoms with Crippen molar-refractivity contribution >= 4 is 28.8 Å². The van der Waals surface area contributed by atoms with Gasteiger partial charge in [-0.1, -0.05) is 23.2 Å². The average molecular weight is 277 g/mol. The first-order chi connectivity index (χ1) is 8.63. The van der Waals surface area contributed by atoms with Gasteiger partial charge in [0.15, 0.2) is 0 Å². The molecule has 3 rings (SSSR count). The summed E-state index contributed by atoms with van der Waals surface area (Å²) < 4.78 is 1.98. The van der Waals surface area contributed by atoms with Crippen LogP contribution in [-0.4, -0.2) is 9.38 Å². The molecule has 0 radical (unpaired) electrons. The van der Waals surface area contributed by atoms with Crippen LogP contribution in [0.2, 0.25) is 10.0 Å². The van der Waals surface area contributed by atoms with E-state index in [9.17, 15) is 0 Å². The quantitative estimate of drug-likeness (QED) is 0.634. The lowest BCUT2D eigenvalue weighted by Crippen LogP contribution is -1.81. The van der Waals surface area contributed by atoms with E-state index in [-0.39, 0.29) is 0 Å². The first-order valence-electron chi connectivity index (χ1n) is 5.54. The second-order valence-electron chi connectivity index (χ2n) is 4.22. The van der Waals surface area contributed by atoms with Crippen LogP contribution in [0.3, 0.4) is 0 Å². The minimum absolute atomic E-state index is 0.614. The highest BCUT2D eigenvalue weighted by Crippen LogP contribution is 2.29. The zero-order valence-electron chi connectivity index (χ0n) is 9.69. The Morgan fingerprint density at radius 1 is 1.11 bits per heavy atom. The van der Waals surface area contributed by atoms with Crippen LogP contribution in [0.1, 0.15) is 5.56 Å². The van der Waals surface area contributed by atoms with E-state index in [0.29, 0.717) is 10.0 Å². The van der Waals surface area contributed by atoms with Gasteiger partial charge in [-0.2, -0.15) is 0 Å². The van der Waals surface area contributed by atoms with Crippen LogP contribution in [0.4, 0.5) is 0 Å². The van der Waals surface area contributed by atoms with Crippen molar-refractivity contribution in [2.45, 2.75) is 6.92 Å². The summed E-state index contributed by atoms with van der Waals surface area (Å²) in [7, 11) is 0. The summed E-state index contributed by atoms with van der Waals surface area (Å²) in [5.74, 6) is 0. The summed E-state index contributed by atoms with van der Waals surface area (Å²) in [6, 6.07) is 9.51. The second kappa shape index (κ2) is 4.30. The van der Waals surface area contributed by atoms with Crippen LogP contribution in [0.15, 0.2) is 42.7 Å². The van der Waals surface area contributed by atoms with E-state index in [0.717, 1.165) is 16.9 Å². The highest BCUT2D eigenvalue weighted by Gasteiger charge is 2.08. The topological polar surface area (TPSA) is 17.3 Å². The molecule has 0 saturated carbocycles. The molecule has 0 aliphatic rings. The van der Waals surface area contributed by atoms with E-state index in [1.54, 1.807) is 6.07 Å². The van der Waals surface area contributed by atoms with E-state index in [2.05, 4.69) is 4.98 Å². The van der Waals surface area contributed by atoms with E-state index in [1.165, 1.54) is 5.56 Å². The molecule has 0 aliphatic heterocycles. The van der Waals surface area contributed by atoms with Gasteiger partial charge in [0.25, 0.3) is 0 Å². The molecule has 1 aromatic carbocycles. The molecule has 0 saturated heterocycles. The number of imidazole rings is 1. The Labute approximate surface area is 115 Å². The molecule has 4 heteroatoms. The van der Waals surface area contributed by atoms with Crippen LogP contribution in [0.25, 0.3) is 16.9 Å². The molecule has 0 spiro atoms. The Hall–Kier alpha value is -1.51. The SMILES string of the molecule is Cc1ccn2cc(-c3ccc(Cl)cc3Cl)nc2c1. The number of halogens is 2. The molecule has 0 fully saturated rings. The molecule has 2 nitrogen and oxygen atoms in total. The van der Waals surface area contributed by atoms with E-state index < -0.39 is 0 Å². The van der Waals surface area contributed by atoms with Gasteiger partial charge in [0.05, 0.1) is 10.7 Å². The van der Waals surface area contributed by atoms with Gasteiger partial charge >= 0.3 is 0 Å². The minimum Gasteiger partial charge on any atom is -0.306 e. The summed E-state index contributed by atoms with van der Waals surface area (Å²) >= 11 is 12.1. The van der Waals surface area contributed by atoms with E-state index >= 15 is 0 Å². The fourth-order valence-electron chi connectivity index (χ4n) is 1.91. The van der Waals surface area contributed by atoms with Gasteiger partial charge in [0, 0.05) is 23.0 Å². The van der Waals surface area contributed by atoms with Crippen molar-refractivity contribution in [1.82, 2.24) is 9.38 Å². The predicted molar refractivity (Wildman–Crippen MR) is 75.4 cm³/mol. The Morgan fingerprint density at radius 2 is 1.94 bits per heavy atom. The smallest absolute Gasteiger partial charge is 0.137 e. The lowest BCUT2D eigenvalue weighted by atomic mass is 10.2. The van der Waals surface area contributed by atoms with Crippen molar-refractivity contribution in [3.05, 3.63) is 58.3 Å². The molecular weight excluding hydrogens is 267 g/mol. The van der Waals surface area contributed by atoms with Crippen molar-refractivity contribution in [2.75, 3.05) is 0 Å². The van der Waals surface area contributed by atoms with Crippen molar-refractivity contribution in [3.8, 4) is 11.3 Å². The van der Waals surface area contributed by atoms with Crippen molar-refractivity contribution in [2.24, 2.45) is 0 Å². The molecule has 18 heavy (non-hydrogen) atoms. The molecule has 0 aliphatic carbocycles. The lowest BCUT2D eigenvalue weighted by Gasteiger charge is -2.00. The summed E-state index contributed by atoms with van der Waals surface area (Å²) in [5, 5.41) is 1.24. The molecule has 3 aromatic rings. The van der Waals surface area contributed by atoms with Crippen LogP contribution in [0, 0.1) is 6.92 Å². The highest BCUT2D eigenvalue weighted by atomic mass is 35.5. The fourth-order valence-corrected chi connectivity index (χ4v) is 2.42. The third kappa shape index (κ3) is 1.98. The molecule has 0 N–H and O–H groups in total. The molecule has 90 valence electrons. The van der Waals surface area contributed by atoms with Gasteiger partial charge in [-0.05, 0) is 42.8 Å². The number of aryl methyl sites for hydroxylation is 1. The van der Waals surface area contributed by atoms with Gasteiger partial charge in [-0.3, -0.25) is 0 Å². The molecule has 2 aromatic heterocycles. The monoisotopic (exact) mass is 276 g/mol. The number of aromatic nitrogens is 2. The predicted octanol–water partition coefficient (Wildman–Crippen LogP) is 4.62. The lowest BCUT2D eigenvalue weighted by molar-refractivity contribution is 1.17. The number of benzene rings is 1. The van der Waals surface area contributed by atoms with Crippen molar-refractivity contribution < 1.29 is 0 Å². The Kier molecular flexibility index (Phi) is 2.77. The van der Waals surface area contributed by atoms with Gasteiger partial charge in [-0.25, -0.2) is 4.98 Å². The molecule has 0 amide bonds. The fraction of sp³-hybridized carbons (Fsp3) is 0.0714. The normalized spacial score (nSPS) is 11.1. The van der Waals surface area contributed by atoms with Crippen LogP contribution in [0.5, 0.6) is 0 Å². The average Bonchev–Trinajstić information content (AvgIpc) is 2.71. The maximum absolute atomic E-state index is 6.19. The Bertz CT molecular complexity index is 732. The van der Waals surface area contributed by atoms with Crippen LogP contribution >= 0.6 is 23.2 Å². The molecule has 0 atom stereocenters. The minimum atomic E-state index is 0.614. The first-order valence-corrected chi connectivity index (χ1v) is 6.30. The molecule has 0 bridgehead atoms. The number of rotatable bonds is 1. The molecule has 2 heterocycles. The van der Waals surface area contributed by atoms with Gasteiger partial charge in [0.1, 0.15) is 5.65 Å². The van der Waals surface area contributed by atoms with Crippen molar-refractivity contribution in [1.29, 1.82) is 0 Å². The second-order valence-corrected chi connectivity index (χ2v) is 5.06. The van der Waals surface area contributed by atoms with Gasteiger partial charge < -0.3 is 4.40 Å². The summed E-state index contributed by atoms with van der Waals surface area (Å²) in [6.45, 7) is 2.05. The number of hydrogen-bond donors (Lipinski definition) is 0. The van der Waals surface area contributed by atoms with Gasteiger partial charge in [-0.15, -0.1) is 0 Å². The summed E-state index contributed by atoms with van der Waals surface area (Å²) in [5.41, 5.74) is 3.84. The number of pyridine rings is 1. The van der Waals surface area contributed by atoms with E-state index in [1.807, 2.05) is 48.0 Å². The van der Waals surface area contributed by atoms with Crippen molar-refractivity contribution in [3.63, 3.8) is 0 Å². The maximum Gasteiger partial charge on any atom is 0.137 e. The summed E-state index contributed by atoms with van der Waals surface area (Å²) in [4.78, 5) is 4.57. The van der Waals surface area contributed by atoms with E-state index in [4.69, 9.17) is 23.2 Å². The van der Waals surface area contributed by atoms with Crippen LogP contribution < -0.4 is 0 Å². The van der Waals surface area contributed by atoms with Crippen LogP contribution in [-0.2, 0) is 0 Å². The highest BCUT2D eigenvalue weighted by molar-refractivity contribution is 6.36.